The van der Waals surface area contributed by atoms with Gasteiger partial charge < -0.3 is 19.3 Å². The van der Waals surface area contributed by atoms with Gasteiger partial charge in [0.1, 0.15) is 5.60 Å². The zero-order valence-corrected chi connectivity index (χ0v) is 39.3. The highest BCUT2D eigenvalue weighted by molar-refractivity contribution is 5.76. The van der Waals surface area contributed by atoms with Gasteiger partial charge in [-0.3, -0.25) is 0 Å². The average Bonchev–Trinajstić information content (AvgIpc) is 3.15. The van der Waals surface area contributed by atoms with Gasteiger partial charge in [0.25, 0.3) is 0 Å². The van der Waals surface area contributed by atoms with Crippen molar-refractivity contribution in [2.24, 2.45) is 0 Å². The van der Waals surface area contributed by atoms with Crippen LogP contribution in [0.5, 0.6) is 23.0 Å². The number of allylic oxidation sites excluding steroid dienone is 16. The van der Waals surface area contributed by atoms with Crippen LogP contribution < -0.4 is 14.2 Å². The van der Waals surface area contributed by atoms with E-state index in [0.29, 0.717) is 17.2 Å². The van der Waals surface area contributed by atoms with Crippen LogP contribution in [0.2, 0.25) is 0 Å². The van der Waals surface area contributed by atoms with Crippen LogP contribution in [0.15, 0.2) is 99.3 Å². The van der Waals surface area contributed by atoms with Gasteiger partial charge in [-0.1, -0.05) is 99.3 Å². The Morgan fingerprint density at radius 1 is 0.534 bits per heavy atom. The fourth-order valence-corrected chi connectivity index (χ4v) is 7.32. The van der Waals surface area contributed by atoms with Crippen LogP contribution in [-0.2, 0) is 0 Å². The number of hydrogen-bond donors (Lipinski definition) is 1. The van der Waals surface area contributed by atoms with Crippen molar-refractivity contribution in [1.29, 1.82) is 0 Å². The maximum absolute atomic E-state index is 10.6. The number of phenols is 1. The predicted octanol–water partition coefficient (Wildman–Crippen LogP) is 16.7. The highest BCUT2D eigenvalue weighted by atomic mass is 16.5. The Morgan fingerprint density at radius 3 is 1.19 bits per heavy atom. The molecule has 322 valence electrons. The molecule has 58 heavy (non-hydrogen) atoms. The summed E-state index contributed by atoms with van der Waals surface area (Å²) in [5.41, 5.74) is 13.0. The van der Waals surface area contributed by atoms with E-state index < -0.39 is 5.60 Å². The number of fused-ring (bicyclic) bond motifs is 1. The molecule has 0 aromatic heterocycles. The smallest absolute Gasteiger partial charge is 0.207 e. The second-order valence-corrected chi connectivity index (χ2v) is 17.5. The molecule has 0 saturated carbocycles. The van der Waals surface area contributed by atoms with Gasteiger partial charge >= 0.3 is 0 Å². The minimum Gasteiger partial charge on any atom is -0.504 e. The molecule has 1 atom stereocenters. The topological polar surface area (TPSA) is 47.9 Å². The molecule has 1 aliphatic rings. The zero-order chi connectivity index (χ0) is 43.1. The Labute approximate surface area is 356 Å². The molecule has 1 aromatic carbocycles. The summed E-state index contributed by atoms with van der Waals surface area (Å²) in [5.74, 6) is 1.46. The SMILES string of the molecule is COc1c(O)c(C)c2c(c1OC)OC(C)(CCC=C(C)CCC=C(C)CCC=C(C)CCC=C(C)CCC=C(C)CCC=C(C)CCC=C(C)CCC=C(C)C)C=C2. The first-order chi connectivity index (χ1) is 27.6. The standard InChI is InChI=1S/C54H82O4/c1-40(2)22-14-23-41(3)24-15-25-42(4)26-16-27-43(5)28-17-29-44(6)30-18-31-45(7)32-19-33-46(8)34-20-35-47(9)36-21-38-54(11)39-37-49-48(10)50(55)52(56-12)53(57-13)51(49)58-54/h22,24,26,28,30,32,34,36-37,39,55H,14-21,23,25,27,29,31,33,35,38H2,1-13H3. The van der Waals surface area contributed by atoms with Crippen molar-refractivity contribution in [3.05, 3.63) is 110 Å². The number of rotatable bonds is 26. The Kier molecular flexibility index (Phi) is 23.3. The van der Waals surface area contributed by atoms with E-state index in [0.717, 1.165) is 94.6 Å². The van der Waals surface area contributed by atoms with Crippen LogP contribution in [0.1, 0.15) is 183 Å². The molecule has 0 aliphatic carbocycles. The van der Waals surface area contributed by atoms with E-state index in [1.54, 1.807) is 7.11 Å². The van der Waals surface area contributed by atoms with Crippen LogP contribution in [0.3, 0.4) is 0 Å². The lowest BCUT2D eigenvalue weighted by Crippen LogP contribution is -2.32. The predicted molar refractivity (Wildman–Crippen MR) is 254 cm³/mol. The van der Waals surface area contributed by atoms with E-state index >= 15 is 0 Å². The van der Waals surface area contributed by atoms with E-state index in [9.17, 15) is 5.11 Å². The van der Waals surface area contributed by atoms with Gasteiger partial charge in [-0.15, -0.1) is 0 Å². The van der Waals surface area contributed by atoms with E-state index in [1.165, 1.54) is 71.0 Å². The molecule has 1 N–H and O–H groups in total. The Bertz CT molecular complexity index is 1730. The van der Waals surface area contributed by atoms with Gasteiger partial charge in [0.15, 0.2) is 11.5 Å². The molecule has 1 unspecified atom stereocenters. The van der Waals surface area contributed by atoms with Crippen LogP contribution in [0, 0.1) is 6.92 Å². The maximum Gasteiger partial charge on any atom is 0.207 e. The highest BCUT2D eigenvalue weighted by Gasteiger charge is 2.33. The summed E-state index contributed by atoms with van der Waals surface area (Å²) in [5, 5.41) is 10.6. The van der Waals surface area contributed by atoms with Gasteiger partial charge in [-0.2, -0.15) is 0 Å². The lowest BCUT2D eigenvalue weighted by atomic mass is 9.92. The van der Waals surface area contributed by atoms with Crippen LogP contribution >= 0.6 is 0 Å². The molecule has 1 heterocycles. The van der Waals surface area contributed by atoms with Crippen molar-refractivity contribution in [1.82, 2.24) is 0 Å². The number of benzene rings is 1. The fraction of sp³-hybridized carbons (Fsp3) is 0.556. The Morgan fingerprint density at radius 2 is 0.862 bits per heavy atom. The van der Waals surface area contributed by atoms with Gasteiger partial charge in [0.2, 0.25) is 11.5 Å². The summed E-state index contributed by atoms with van der Waals surface area (Å²) in [6, 6.07) is 0. The molecule has 0 spiro atoms. The molecule has 0 saturated heterocycles. The normalized spacial score (nSPS) is 17.0. The Hall–Kier alpha value is -3.92. The summed E-state index contributed by atoms with van der Waals surface area (Å²) in [4.78, 5) is 0. The Balaban J connectivity index is 1.65. The lowest BCUT2D eigenvalue weighted by molar-refractivity contribution is 0.122. The number of ether oxygens (including phenoxy) is 3. The molecule has 1 aromatic rings. The molecular formula is C54H82O4. The number of methoxy groups -OCH3 is 2. The summed E-state index contributed by atoms with van der Waals surface area (Å²) in [7, 11) is 3.11. The van der Waals surface area contributed by atoms with E-state index in [1.807, 2.05) is 13.0 Å². The van der Waals surface area contributed by atoms with Crippen molar-refractivity contribution in [2.75, 3.05) is 14.2 Å². The van der Waals surface area contributed by atoms with Crippen molar-refractivity contribution < 1.29 is 19.3 Å². The first-order valence-corrected chi connectivity index (χ1v) is 22.2. The van der Waals surface area contributed by atoms with Crippen LogP contribution in [0.25, 0.3) is 6.08 Å². The quantitative estimate of drug-likeness (QED) is 0.0949. The van der Waals surface area contributed by atoms with E-state index in [4.69, 9.17) is 14.2 Å². The molecule has 0 fully saturated rings. The van der Waals surface area contributed by atoms with Gasteiger partial charge in [-0.05, 0) is 185 Å². The van der Waals surface area contributed by atoms with Gasteiger partial charge in [0, 0.05) is 11.1 Å². The molecular weight excluding hydrogens is 713 g/mol. The van der Waals surface area contributed by atoms with Gasteiger partial charge in [0.05, 0.1) is 14.2 Å². The fourth-order valence-electron chi connectivity index (χ4n) is 7.32. The third-order valence-electron chi connectivity index (χ3n) is 11.4. The molecule has 0 radical (unpaired) electrons. The minimum atomic E-state index is -0.473. The summed E-state index contributed by atoms with van der Waals surface area (Å²) in [6.45, 7) is 24.3. The second-order valence-electron chi connectivity index (χ2n) is 17.5. The lowest BCUT2D eigenvalue weighted by Gasteiger charge is -2.33. The molecule has 1 aliphatic heterocycles. The molecule has 2 rings (SSSR count). The van der Waals surface area contributed by atoms with E-state index in [2.05, 4.69) is 124 Å². The highest BCUT2D eigenvalue weighted by Crippen LogP contribution is 2.52. The van der Waals surface area contributed by atoms with Crippen LogP contribution in [0.4, 0.5) is 0 Å². The first-order valence-electron chi connectivity index (χ1n) is 22.2. The first kappa shape index (κ1) is 50.2. The second kappa shape index (κ2) is 27.0. The number of aromatic hydroxyl groups is 1. The minimum absolute atomic E-state index is 0.0868. The maximum atomic E-state index is 10.6. The van der Waals surface area contributed by atoms with Crippen molar-refractivity contribution >= 4 is 6.08 Å². The summed E-state index contributed by atoms with van der Waals surface area (Å²) >= 11 is 0. The number of phenolic OH excluding ortho intramolecular Hbond substituents is 1. The summed E-state index contributed by atoms with van der Waals surface area (Å²) in [6.07, 6.45) is 41.2. The third-order valence-corrected chi connectivity index (χ3v) is 11.4. The molecule has 4 nitrogen and oxygen atoms in total. The number of hydrogen-bond acceptors (Lipinski definition) is 4. The molecule has 4 heteroatoms. The molecule has 0 bridgehead atoms. The van der Waals surface area contributed by atoms with Crippen LogP contribution in [-0.4, -0.2) is 24.9 Å². The largest absolute Gasteiger partial charge is 0.504 e. The zero-order valence-electron chi connectivity index (χ0n) is 39.3. The average molecular weight is 795 g/mol. The van der Waals surface area contributed by atoms with Crippen molar-refractivity contribution in [3.8, 4) is 23.0 Å². The van der Waals surface area contributed by atoms with Crippen molar-refractivity contribution in [2.45, 2.75) is 184 Å². The molecule has 0 amide bonds. The van der Waals surface area contributed by atoms with E-state index in [-0.39, 0.29) is 5.75 Å². The third kappa shape index (κ3) is 19.2. The monoisotopic (exact) mass is 795 g/mol. The van der Waals surface area contributed by atoms with Crippen molar-refractivity contribution in [3.63, 3.8) is 0 Å². The summed E-state index contributed by atoms with van der Waals surface area (Å²) < 4.78 is 17.5. The van der Waals surface area contributed by atoms with Gasteiger partial charge in [-0.25, -0.2) is 0 Å².